The maximum atomic E-state index is 12.0. The van der Waals surface area contributed by atoms with E-state index in [9.17, 15) is 4.79 Å². The second kappa shape index (κ2) is 4.63. The van der Waals surface area contributed by atoms with Crippen molar-refractivity contribution in [3.63, 3.8) is 0 Å². The van der Waals surface area contributed by atoms with Crippen LogP contribution in [0.1, 0.15) is 52.0 Å². The van der Waals surface area contributed by atoms with E-state index in [1.54, 1.807) is 6.20 Å². The molecule has 1 aliphatic rings. The Kier molecular flexibility index (Phi) is 3.32. The number of nitrogens with one attached hydrogen (secondary N) is 2. The van der Waals surface area contributed by atoms with Gasteiger partial charge in [-0.1, -0.05) is 12.8 Å². The molecular formula is C13H21N3O2. The van der Waals surface area contributed by atoms with Gasteiger partial charge in [0.2, 0.25) is 0 Å². The predicted octanol–water partition coefficient (Wildman–Crippen LogP) is 2.70. The van der Waals surface area contributed by atoms with Crippen LogP contribution < -0.4 is 5.32 Å². The first kappa shape index (κ1) is 12.9. The second-order valence-electron chi connectivity index (χ2n) is 5.90. The summed E-state index contributed by atoms with van der Waals surface area (Å²) in [4.78, 5) is 12.0. The fourth-order valence-corrected chi connectivity index (χ4v) is 2.48. The fourth-order valence-electron chi connectivity index (χ4n) is 2.48. The number of H-pyrrole nitrogens is 1. The van der Waals surface area contributed by atoms with Crippen LogP contribution in [0.25, 0.3) is 0 Å². The predicted molar refractivity (Wildman–Crippen MR) is 68.1 cm³/mol. The SMILES string of the molecule is CC(C)(C)OC(=O)NC1(c2cn[nH]c2)CCCC1. The van der Waals surface area contributed by atoms with Gasteiger partial charge in [-0.15, -0.1) is 0 Å². The molecule has 0 bridgehead atoms. The molecule has 1 saturated carbocycles. The molecule has 1 aromatic heterocycles. The Morgan fingerprint density at radius 2 is 2.11 bits per heavy atom. The summed E-state index contributed by atoms with van der Waals surface area (Å²) in [5.74, 6) is 0. The molecule has 1 aromatic rings. The standard InChI is InChI=1S/C13H21N3O2/c1-12(2,3)18-11(17)16-13(6-4-5-7-13)10-8-14-15-9-10/h8-9H,4-7H2,1-3H3,(H,14,15)(H,16,17). The zero-order chi connectivity index (χ0) is 13.2. The lowest BCUT2D eigenvalue weighted by Gasteiger charge is -2.30. The summed E-state index contributed by atoms with van der Waals surface area (Å²) in [6.45, 7) is 5.60. The van der Waals surface area contributed by atoms with Crippen molar-refractivity contribution in [1.82, 2.24) is 15.5 Å². The third-order valence-electron chi connectivity index (χ3n) is 3.25. The van der Waals surface area contributed by atoms with Gasteiger partial charge in [0.15, 0.2) is 0 Å². The Labute approximate surface area is 107 Å². The Balaban J connectivity index is 2.10. The van der Waals surface area contributed by atoms with Gasteiger partial charge in [-0.25, -0.2) is 4.79 Å². The van der Waals surface area contributed by atoms with Gasteiger partial charge in [0.05, 0.1) is 11.7 Å². The lowest BCUT2D eigenvalue weighted by molar-refractivity contribution is 0.0453. The highest BCUT2D eigenvalue weighted by molar-refractivity contribution is 5.69. The molecule has 0 aromatic carbocycles. The van der Waals surface area contributed by atoms with Crippen LogP contribution in [0.2, 0.25) is 0 Å². The van der Waals surface area contributed by atoms with Gasteiger partial charge in [-0.05, 0) is 33.6 Å². The molecule has 0 spiro atoms. The van der Waals surface area contributed by atoms with Crippen LogP contribution in [0, 0.1) is 0 Å². The van der Waals surface area contributed by atoms with Crippen molar-refractivity contribution in [3.05, 3.63) is 18.0 Å². The molecule has 0 atom stereocenters. The van der Waals surface area contributed by atoms with E-state index in [4.69, 9.17) is 4.74 Å². The second-order valence-corrected chi connectivity index (χ2v) is 5.90. The number of alkyl carbamates (subject to hydrolysis) is 1. The van der Waals surface area contributed by atoms with E-state index in [1.165, 1.54) is 0 Å². The zero-order valence-corrected chi connectivity index (χ0v) is 11.2. The molecule has 2 N–H and O–H groups in total. The van der Waals surface area contributed by atoms with Crippen LogP contribution in [0.3, 0.4) is 0 Å². The molecule has 5 heteroatoms. The number of rotatable bonds is 2. The average molecular weight is 251 g/mol. The quantitative estimate of drug-likeness (QED) is 0.849. The van der Waals surface area contributed by atoms with E-state index in [0.717, 1.165) is 31.2 Å². The van der Waals surface area contributed by atoms with Crippen molar-refractivity contribution in [3.8, 4) is 0 Å². The minimum atomic E-state index is -0.472. The van der Waals surface area contributed by atoms with Gasteiger partial charge in [0.25, 0.3) is 0 Å². The molecule has 5 nitrogen and oxygen atoms in total. The molecule has 1 heterocycles. The monoisotopic (exact) mass is 251 g/mol. The Hall–Kier alpha value is -1.52. The normalized spacial score (nSPS) is 18.6. The molecular weight excluding hydrogens is 230 g/mol. The van der Waals surface area contributed by atoms with Crippen molar-refractivity contribution < 1.29 is 9.53 Å². The van der Waals surface area contributed by atoms with E-state index >= 15 is 0 Å². The maximum absolute atomic E-state index is 12.0. The summed E-state index contributed by atoms with van der Waals surface area (Å²) in [7, 11) is 0. The first-order valence-corrected chi connectivity index (χ1v) is 6.42. The molecule has 2 rings (SSSR count). The van der Waals surface area contributed by atoms with Gasteiger partial charge in [0.1, 0.15) is 5.60 Å². The number of ether oxygens (including phenoxy) is 1. The first-order chi connectivity index (χ1) is 8.41. The van der Waals surface area contributed by atoms with Crippen LogP contribution >= 0.6 is 0 Å². The number of hydrogen-bond donors (Lipinski definition) is 2. The molecule has 18 heavy (non-hydrogen) atoms. The van der Waals surface area contributed by atoms with Crippen LogP contribution in [-0.4, -0.2) is 21.9 Å². The van der Waals surface area contributed by atoms with Gasteiger partial charge in [-0.3, -0.25) is 5.10 Å². The molecule has 0 aliphatic heterocycles. The Morgan fingerprint density at radius 1 is 1.44 bits per heavy atom. The van der Waals surface area contributed by atoms with Gasteiger partial charge in [0, 0.05) is 11.8 Å². The molecule has 1 aliphatic carbocycles. The minimum absolute atomic E-state index is 0.310. The Bertz CT molecular complexity index is 400. The zero-order valence-electron chi connectivity index (χ0n) is 11.2. The molecule has 1 fully saturated rings. The molecule has 1 amide bonds. The summed E-state index contributed by atoms with van der Waals surface area (Å²) >= 11 is 0. The third-order valence-corrected chi connectivity index (χ3v) is 3.25. The van der Waals surface area contributed by atoms with Gasteiger partial charge >= 0.3 is 6.09 Å². The summed E-state index contributed by atoms with van der Waals surface area (Å²) in [6, 6.07) is 0. The smallest absolute Gasteiger partial charge is 0.408 e. The van der Waals surface area contributed by atoms with E-state index in [-0.39, 0.29) is 11.6 Å². The number of aromatic amines is 1. The van der Waals surface area contributed by atoms with Gasteiger partial charge < -0.3 is 10.1 Å². The van der Waals surface area contributed by atoms with Crippen molar-refractivity contribution in [1.29, 1.82) is 0 Å². The minimum Gasteiger partial charge on any atom is -0.444 e. The lowest BCUT2D eigenvalue weighted by atomic mass is 9.91. The summed E-state index contributed by atoms with van der Waals surface area (Å²) in [6.07, 6.45) is 7.37. The van der Waals surface area contributed by atoms with E-state index in [2.05, 4.69) is 15.5 Å². The number of carbonyl (C=O) groups excluding carboxylic acids is 1. The van der Waals surface area contributed by atoms with Crippen molar-refractivity contribution in [2.45, 2.75) is 57.6 Å². The molecule has 0 radical (unpaired) electrons. The molecule has 0 unspecified atom stereocenters. The average Bonchev–Trinajstić information content (AvgIpc) is 2.82. The molecule has 100 valence electrons. The summed E-state index contributed by atoms with van der Waals surface area (Å²) in [5.41, 5.74) is 0.251. The Morgan fingerprint density at radius 3 is 2.61 bits per heavy atom. The maximum Gasteiger partial charge on any atom is 0.408 e. The van der Waals surface area contributed by atoms with E-state index < -0.39 is 5.60 Å². The van der Waals surface area contributed by atoms with Gasteiger partial charge in [-0.2, -0.15) is 5.10 Å². The van der Waals surface area contributed by atoms with E-state index in [0.29, 0.717) is 0 Å². The highest BCUT2D eigenvalue weighted by atomic mass is 16.6. The van der Waals surface area contributed by atoms with Crippen LogP contribution in [-0.2, 0) is 10.3 Å². The summed E-state index contributed by atoms with van der Waals surface area (Å²) < 4.78 is 5.34. The number of nitrogens with zero attached hydrogens (tertiary/aromatic N) is 1. The van der Waals surface area contributed by atoms with Crippen molar-refractivity contribution in [2.75, 3.05) is 0 Å². The van der Waals surface area contributed by atoms with Crippen LogP contribution in [0.5, 0.6) is 0 Å². The van der Waals surface area contributed by atoms with Crippen LogP contribution in [0.15, 0.2) is 12.4 Å². The number of aromatic nitrogens is 2. The van der Waals surface area contributed by atoms with Crippen molar-refractivity contribution in [2.24, 2.45) is 0 Å². The lowest BCUT2D eigenvalue weighted by Crippen LogP contribution is -2.45. The highest BCUT2D eigenvalue weighted by Crippen LogP contribution is 2.38. The molecule has 0 saturated heterocycles. The number of carbonyl (C=O) groups is 1. The highest BCUT2D eigenvalue weighted by Gasteiger charge is 2.38. The number of hydrogen-bond acceptors (Lipinski definition) is 3. The fraction of sp³-hybridized carbons (Fsp3) is 0.692. The third kappa shape index (κ3) is 2.83. The van der Waals surface area contributed by atoms with Crippen molar-refractivity contribution >= 4 is 6.09 Å². The van der Waals surface area contributed by atoms with E-state index in [1.807, 2.05) is 27.0 Å². The first-order valence-electron chi connectivity index (χ1n) is 6.42. The van der Waals surface area contributed by atoms with Crippen LogP contribution in [0.4, 0.5) is 4.79 Å². The topological polar surface area (TPSA) is 67.0 Å². The largest absolute Gasteiger partial charge is 0.444 e. The summed E-state index contributed by atoms with van der Waals surface area (Å²) in [5, 5.41) is 9.82. The number of amides is 1.